The first-order chi connectivity index (χ1) is 9.02. The molecule has 106 valence electrons. The summed E-state index contributed by atoms with van der Waals surface area (Å²) in [6.07, 6.45) is 1.15. The molecular formula is C14H24N4O. The zero-order valence-corrected chi connectivity index (χ0v) is 12.0. The number of hydrogen-bond donors (Lipinski definition) is 2. The Labute approximate surface area is 115 Å². The zero-order chi connectivity index (χ0) is 14.3. The Hall–Kier alpha value is -1.43. The molecule has 19 heavy (non-hydrogen) atoms. The molecule has 1 amide bonds. The molecule has 0 fully saturated rings. The predicted molar refractivity (Wildman–Crippen MR) is 77.6 cm³/mol. The first kappa shape index (κ1) is 15.6. The molecule has 1 aromatic rings. The van der Waals surface area contributed by atoms with Crippen LogP contribution in [0.3, 0.4) is 0 Å². The van der Waals surface area contributed by atoms with E-state index in [9.17, 15) is 4.79 Å². The minimum Gasteiger partial charge on any atom is -0.309 e. The lowest BCUT2D eigenvalue weighted by Gasteiger charge is -2.18. The zero-order valence-electron chi connectivity index (χ0n) is 12.0. The van der Waals surface area contributed by atoms with Crippen molar-refractivity contribution in [1.82, 2.24) is 15.2 Å². The number of rotatable bonds is 7. The Morgan fingerprint density at radius 3 is 2.32 bits per heavy atom. The standard InChI is InChI=1S/C14H24N4O/c1-17(2)9-4-10-18(3)11-12-5-7-13(8-6-12)14(19)16-15/h5-8H,4,9-11,15H2,1-3H3,(H,16,19). The van der Waals surface area contributed by atoms with Crippen molar-refractivity contribution in [3.05, 3.63) is 35.4 Å². The molecule has 5 nitrogen and oxygen atoms in total. The van der Waals surface area contributed by atoms with Crippen LogP contribution in [0.25, 0.3) is 0 Å². The average Bonchev–Trinajstić information content (AvgIpc) is 2.38. The lowest BCUT2D eigenvalue weighted by atomic mass is 10.1. The number of benzene rings is 1. The molecule has 0 heterocycles. The summed E-state index contributed by atoms with van der Waals surface area (Å²) < 4.78 is 0. The van der Waals surface area contributed by atoms with Gasteiger partial charge >= 0.3 is 0 Å². The van der Waals surface area contributed by atoms with Crippen LogP contribution in [0.1, 0.15) is 22.3 Å². The molecule has 1 rings (SSSR count). The van der Waals surface area contributed by atoms with Gasteiger partial charge in [0.1, 0.15) is 0 Å². The van der Waals surface area contributed by atoms with Crippen LogP contribution >= 0.6 is 0 Å². The fourth-order valence-electron chi connectivity index (χ4n) is 1.89. The second kappa shape index (κ2) is 7.89. The molecule has 0 aliphatic carbocycles. The van der Waals surface area contributed by atoms with Gasteiger partial charge in [0.2, 0.25) is 0 Å². The van der Waals surface area contributed by atoms with Gasteiger partial charge < -0.3 is 9.80 Å². The van der Waals surface area contributed by atoms with Crippen molar-refractivity contribution in [3.8, 4) is 0 Å². The molecule has 0 aliphatic heterocycles. The summed E-state index contributed by atoms with van der Waals surface area (Å²) >= 11 is 0. The van der Waals surface area contributed by atoms with Crippen LogP contribution in [-0.4, -0.2) is 49.9 Å². The third-order valence-electron chi connectivity index (χ3n) is 2.94. The summed E-state index contributed by atoms with van der Waals surface area (Å²) in [5, 5.41) is 0. The van der Waals surface area contributed by atoms with Crippen LogP contribution < -0.4 is 11.3 Å². The van der Waals surface area contributed by atoms with Gasteiger partial charge in [-0.3, -0.25) is 10.2 Å². The molecule has 0 spiro atoms. The second-order valence-corrected chi connectivity index (χ2v) is 5.06. The molecule has 0 aromatic heterocycles. The fourth-order valence-corrected chi connectivity index (χ4v) is 1.89. The van der Waals surface area contributed by atoms with Crippen molar-refractivity contribution >= 4 is 5.91 Å². The number of hydrogen-bond acceptors (Lipinski definition) is 4. The number of carbonyl (C=O) groups excluding carboxylic acids is 1. The maximum Gasteiger partial charge on any atom is 0.265 e. The molecule has 0 aliphatic rings. The van der Waals surface area contributed by atoms with Crippen LogP contribution in [0.5, 0.6) is 0 Å². The van der Waals surface area contributed by atoms with E-state index in [1.165, 1.54) is 5.56 Å². The highest BCUT2D eigenvalue weighted by Gasteiger charge is 2.04. The molecule has 0 unspecified atom stereocenters. The van der Waals surface area contributed by atoms with Crippen molar-refractivity contribution in [3.63, 3.8) is 0 Å². The van der Waals surface area contributed by atoms with Crippen LogP contribution in [0.15, 0.2) is 24.3 Å². The summed E-state index contributed by atoms with van der Waals surface area (Å²) in [5.74, 6) is 4.83. The number of carbonyl (C=O) groups is 1. The summed E-state index contributed by atoms with van der Waals surface area (Å²) in [5.41, 5.74) is 3.91. The molecule has 1 aromatic carbocycles. The number of nitrogens with two attached hydrogens (primary N) is 1. The van der Waals surface area contributed by atoms with E-state index in [1.54, 1.807) is 12.1 Å². The lowest BCUT2D eigenvalue weighted by molar-refractivity contribution is 0.0953. The van der Waals surface area contributed by atoms with E-state index in [4.69, 9.17) is 5.84 Å². The molecule has 0 saturated heterocycles. The van der Waals surface area contributed by atoms with Gasteiger partial charge in [0, 0.05) is 12.1 Å². The van der Waals surface area contributed by atoms with Crippen LogP contribution in [-0.2, 0) is 6.54 Å². The van der Waals surface area contributed by atoms with E-state index in [0.29, 0.717) is 5.56 Å². The Balaban J connectivity index is 2.42. The van der Waals surface area contributed by atoms with E-state index >= 15 is 0 Å². The van der Waals surface area contributed by atoms with Gasteiger partial charge in [-0.1, -0.05) is 12.1 Å². The minimum atomic E-state index is -0.258. The average molecular weight is 264 g/mol. The van der Waals surface area contributed by atoms with Crippen molar-refractivity contribution in [2.45, 2.75) is 13.0 Å². The Morgan fingerprint density at radius 2 is 1.79 bits per heavy atom. The fraction of sp³-hybridized carbons (Fsp3) is 0.500. The highest BCUT2D eigenvalue weighted by molar-refractivity contribution is 5.93. The van der Waals surface area contributed by atoms with Gasteiger partial charge in [-0.25, -0.2) is 5.84 Å². The maximum absolute atomic E-state index is 11.3. The van der Waals surface area contributed by atoms with Gasteiger partial charge in [-0.15, -0.1) is 0 Å². The highest BCUT2D eigenvalue weighted by Crippen LogP contribution is 2.07. The van der Waals surface area contributed by atoms with Gasteiger partial charge in [0.05, 0.1) is 0 Å². The van der Waals surface area contributed by atoms with Gasteiger partial charge in [0.15, 0.2) is 0 Å². The van der Waals surface area contributed by atoms with E-state index < -0.39 is 0 Å². The smallest absolute Gasteiger partial charge is 0.265 e. The molecule has 0 saturated carbocycles. The monoisotopic (exact) mass is 264 g/mol. The Morgan fingerprint density at radius 1 is 1.16 bits per heavy atom. The number of nitrogens with zero attached hydrogens (tertiary/aromatic N) is 2. The lowest BCUT2D eigenvalue weighted by Crippen LogP contribution is -2.30. The maximum atomic E-state index is 11.3. The molecule has 0 radical (unpaired) electrons. The van der Waals surface area contributed by atoms with Crippen molar-refractivity contribution in [2.24, 2.45) is 5.84 Å². The number of amides is 1. The molecule has 5 heteroatoms. The largest absolute Gasteiger partial charge is 0.309 e. The van der Waals surface area contributed by atoms with E-state index in [2.05, 4.69) is 36.4 Å². The normalized spacial score (nSPS) is 11.1. The van der Waals surface area contributed by atoms with Crippen LogP contribution in [0.4, 0.5) is 0 Å². The van der Waals surface area contributed by atoms with Gasteiger partial charge in [-0.2, -0.15) is 0 Å². The van der Waals surface area contributed by atoms with E-state index in [-0.39, 0.29) is 5.91 Å². The summed E-state index contributed by atoms with van der Waals surface area (Å²) in [4.78, 5) is 15.8. The van der Waals surface area contributed by atoms with Gasteiger partial charge in [-0.05, 0) is 58.3 Å². The van der Waals surface area contributed by atoms with Gasteiger partial charge in [0.25, 0.3) is 5.91 Å². The summed E-state index contributed by atoms with van der Waals surface area (Å²) in [6, 6.07) is 7.52. The second-order valence-electron chi connectivity index (χ2n) is 5.06. The van der Waals surface area contributed by atoms with Crippen molar-refractivity contribution in [1.29, 1.82) is 0 Å². The highest BCUT2D eigenvalue weighted by atomic mass is 16.2. The Bertz CT molecular complexity index is 389. The SMILES string of the molecule is CN(C)CCCN(C)Cc1ccc(C(=O)NN)cc1. The molecule has 0 bridgehead atoms. The quantitative estimate of drug-likeness (QED) is 0.432. The number of nitrogens with one attached hydrogen (secondary N) is 1. The van der Waals surface area contributed by atoms with Crippen molar-refractivity contribution < 1.29 is 4.79 Å². The molecular weight excluding hydrogens is 240 g/mol. The Kier molecular flexibility index (Phi) is 6.49. The van der Waals surface area contributed by atoms with Crippen LogP contribution in [0.2, 0.25) is 0 Å². The molecule has 3 N–H and O–H groups in total. The minimum absolute atomic E-state index is 0.258. The van der Waals surface area contributed by atoms with Crippen molar-refractivity contribution in [2.75, 3.05) is 34.2 Å². The third-order valence-corrected chi connectivity index (χ3v) is 2.94. The third kappa shape index (κ3) is 5.83. The van der Waals surface area contributed by atoms with E-state index in [0.717, 1.165) is 26.1 Å². The molecule has 0 atom stereocenters. The predicted octanol–water partition coefficient (Wildman–Crippen LogP) is 0.674. The summed E-state index contributed by atoms with van der Waals surface area (Å²) in [7, 11) is 6.28. The van der Waals surface area contributed by atoms with Crippen LogP contribution in [0, 0.1) is 0 Å². The number of hydrazine groups is 1. The first-order valence-corrected chi connectivity index (χ1v) is 6.46. The topological polar surface area (TPSA) is 61.6 Å². The summed E-state index contributed by atoms with van der Waals surface area (Å²) in [6.45, 7) is 3.04. The number of nitrogen functional groups attached to an aromatic ring is 1. The first-order valence-electron chi connectivity index (χ1n) is 6.46. The van der Waals surface area contributed by atoms with E-state index in [1.807, 2.05) is 12.1 Å².